The number of nitrogens with one attached hydrogen (secondary N) is 1. The van der Waals surface area contributed by atoms with Gasteiger partial charge in [0.1, 0.15) is 0 Å². The fourth-order valence-corrected chi connectivity index (χ4v) is 1.32. The smallest absolute Gasteiger partial charge is 0.239 e. The molecule has 3 N–H and O–H groups in total. The third kappa shape index (κ3) is 1.91. The summed E-state index contributed by atoms with van der Waals surface area (Å²) in [5.74, 6) is 4.78. The van der Waals surface area contributed by atoms with Crippen LogP contribution >= 0.6 is 0 Å². The van der Waals surface area contributed by atoms with Crippen LogP contribution in [0.15, 0.2) is 0 Å². The average Bonchev–Trinajstić information content (AvgIpc) is 2.29. The maximum Gasteiger partial charge on any atom is 0.239 e. The first-order chi connectivity index (χ1) is 5.05. The molecule has 0 unspecified atom stereocenters. The van der Waals surface area contributed by atoms with E-state index in [0.29, 0.717) is 6.61 Å². The van der Waals surface area contributed by atoms with E-state index in [-0.39, 0.29) is 17.4 Å². The van der Waals surface area contributed by atoms with Gasteiger partial charge in [-0.15, -0.1) is 0 Å². The molecule has 0 aromatic rings. The van der Waals surface area contributed by atoms with E-state index in [1.54, 1.807) is 0 Å². The number of carbonyl (C=O) groups is 1. The normalized spacial score (nSPS) is 28.5. The van der Waals surface area contributed by atoms with Crippen LogP contribution in [0.3, 0.4) is 0 Å². The van der Waals surface area contributed by atoms with Crippen LogP contribution in [-0.4, -0.2) is 18.1 Å². The minimum atomic E-state index is -0.169. The molecular weight excluding hydrogens is 144 g/mol. The summed E-state index contributed by atoms with van der Waals surface area (Å²) in [5, 5.41) is 0. The van der Waals surface area contributed by atoms with E-state index in [4.69, 9.17) is 10.6 Å². The number of hydrazine groups is 1. The largest absolute Gasteiger partial charge is 0.375 e. The van der Waals surface area contributed by atoms with E-state index in [9.17, 15) is 4.79 Å². The van der Waals surface area contributed by atoms with E-state index in [0.717, 1.165) is 6.42 Å². The Bertz CT molecular complexity index is 168. The zero-order valence-corrected chi connectivity index (χ0v) is 6.89. The van der Waals surface area contributed by atoms with E-state index >= 15 is 0 Å². The molecule has 1 rings (SSSR count). The summed E-state index contributed by atoms with van der Waals surface area (Å²) in [4.78, 5) is 11.0. The molecule has 1 aliphatic rings. The van der Waals surface area contributed by atoms with Gasteiger partial charge in [0.25, 0.3) is 0 Å². The molecule has 0 spiro atoms. The minimum absolute atomic E-state index is 0.0741. The Morgan fingerprint density at radius 3 is 2.73 bits per heavy atom. The highest BCUT2D eigenvalue weighted by Gasteiger charge is 2.35. The summed E-state index contributed by atoms with van der Waals surface area (Å²) in [6.07, 6.45) is 0.746. The van der Waals surface area contributed by atoms with Crippen molar-refractivity contribution in [2.45, 2.75) is 25.9 Å². The van der Waals surface area contributed by atoms with Gasteiger partial charge in [-0.05, 0) is 20.3 Å². The lowest BCUT2D eigenvalue weighted by atomic mass is 9.97. The predicted molar refractivity (Wildman–Crippen MR) is 40.5 cm³/mol. The van der Waals surface area contributed by atoms with Crippen LogP contribution in [0.2, 0.25) is 0 Å². The molecule has 1 atom stereocenters. The number of nitrogens with two attached hydrogens (primary N) is 1. The van der Waals surface area contributed by atoms with Crippen molar-refractivity contribution in [2.24, 2.45) is 11.8 Å². The summed E-state index contributed by atoms with van der Waals surface area (Å²) in [7, 11) is 0. The van der Waals surface area contributed by atoms with E-state index in [1.807, 2.05) is 13.8 Å². The Morgan fingerprint density at radius 1 is 1.73 bits per heavy atom. The van der Waals surface area contributed by atoms with Gasteiger partial charge >= 0.3 is 0 Å². The van der Waals surface area contributed by atoms with E-state index in [2.05, 4.69) is 5.43 Å². The maximum atomic E-state index is 11.0. The van der Waals surface area contributed by atoms with Crippen molar-refractivity contribution < 1.29 is 9.53 Å². The second kappa shape index (κ2) is 2.79. The van der Waals surface area contributed by atoms with E-state index in [1.165, 1.54) is 0 Å². The molecular formula is C7H14N2O2. The zero-order valence-electron chi connectivity index (χ0n) is 6.89. The first-order valence-corrected chi connectivity index (χ1v) is 3.69. The monoisotopic (exact) mass is 158 g/mol. The summed E-state index contributed by atoms with van der Waals surface area (Å²) in [6.45, 7) is 4.42. The van der Waals surface area contributed by atoms with Crippen molar-refractivity contribution in [1.82, 2.24) is 5.43 Å². The van der Waals surface area contributed by atoms with Gasteiger partial charge in [-0.2, -0.15) is 0 Å². The highest BCUT2D eigenvalue weighted by Crippen LogP contribution is 2.28. The Kier molecular flexibility index (Phi) is 2.15. The quantitative estimate of drug-likeness (QED) is 0.315. The lowest BCUT2D eigenvalue weighted by Gasteiger charge is -2.15. The molecule has 0 aromatic carbocycles. The molecule has 4 heteroatoms. The van der Waals surface area contributed by atoms with Gasteiger partial charge in [0, 0.05) is 0 Å². The van der Waals surface area contributed by atoms with Gasteiger partial charge in [-0.1, -0.05) is 0 Å². The number of amides is 1. The number of rotatable bonds is 1. The van der Waals surface area contributed by atoms with Gasteiger partial charge < -0.3 is 4.74 Å². The van der Waals surface area contributed by atoms with Crippen molar-refractivity contribution >= 4 is 5.91 Å². The molecule has 4 nitrogen and oxygen atoms in total. The first-order valence-electron chi connectivity index (χ1n) is 3.69. The van der Waals surface area contributed by atoms with Crippen molar-refractivity contribution in [3.05, 3.63) is 0 Å². The van der Waals surface area contributed by atoms with Crippen LogP contribution in [0.4, 0.5) is 0 Å². The predicted octanol–water partition coefficient (Wildman–Crippen LogP) is -0.209. The maximum absolute atomic E-state index is 11.0. The fourth-order valence-electron chi connectivity index (χ4n) is 1.32. The molecule has 0 aliphatic carbocycles. The Labute approximate surface area is 66.1 Å². The third-order valence-electron chi connectivity index (χ3n) is 1.93. The van der Waals surface area contributed by atoms with Gasteiger partial charge in [0.15, 0.2) is 0 Å². The number of hydrogen-bond donors (Lipinski definition) is 2. The van der Waals surface area contributed by atoms with Crippen LogP contribution in [0.1, 0.15) is 20.3 Å². The molecule has 1 heterocycles. The molecule has 1 aliphatic heterocycles. The SMILES string of the molecule is CC1(C)C[C@@H](C(=O)NN)CO1. The molecule has 1 amide bonds. The van der Waals surface area contributed by atoms with Crippen LogP contribution in [0, 0.1) is 5.92 Å². The van der Waals surface area contributed by atoms with Crippen LogP contribution in [-0.2, 0) is 9.53 Å². The molecule has 64 valence electrons. The fraction of sp³-hybridized carbons (Fsp3) is 0.857. The first kappa shape index (κ1) is 8.49. The number of hydrogen-bond acceptors (Lipinski definition) is 3. The molecule has 0 bridgehead atoms. The number of ether oxygens (including phenoxy) is 1. The molecule has 0 radical (unpaired) electrons. The lowest BCUT2D eigenvalue weighted by Crippen LogP contribution is -2.36. The second-order valence-electron chi connectivity index (χ2n) is 3.48. The second-order valence-corrected chi connectivity index (χ2v) is 3.48. The molecule has 1 saturated heterocycles. The Morgan fingerprint density at radius 2 is 2.36 bits per heavy atom. The Hall–Kier alpha value is -0.610. The summed E-state index contributed by atoms with van der Waals surface area (Å²) >= 11 is 0. The van der Waals surface area contributed by atoms with Crippen LogP contribution in [0.5, 0.6) is 0 Å². The zero-order chi connectivity index (χ0) is 8.48. The molecule has 0 saturated carbocycles. The highest BCUT2D eigenvalue weighted by atomic mass is 16.5. The molecule has 0 aromatic heterocycles. The van der Waals surface area contributed by atoms with Crippen molar-refractivity contribution in [2.75, 3.05) is 6.61 Å². The van der Waals surface area contributed by atoms with E-state index < -0.39 is 0 Å². The molecule has 1 fully saturated rings. The highest BCUT2D eigenvalue weighted by molar-refractivity contribution is 5.78. The van der Waals surface area contributed by atoms with Gasteiger partial charge in [-0.25, -0.2) is 5.84 Å². The molecule has 11 heavy (non-hydrogen) atoms. The Balaban J connectivity index is 2.48. The summed E-state index contributed by atoms with van der Waals surface area (Å²) < 4.78 is 5.36. The van der Waals surface area contributed by atoms with Crippen LogP contribution in [0.25, 0.3) is 0 Å². The minimum Gasteiger partial charge on any atom is -0.375 e. The van der Waals surface area contributed by atoms with Gasteiger partial charge in [-0.3, -0.25) is 10.2 Å². The van der Waals surface area contributed by atoms with Crippen molar-refractivity contribution in [1.29, 1.82) is 0 Å². The average molecular weight is 158 g/mol. The summed E-state index contributed by atoms with van der Waals surface area (Å²) in [5.41, 5.74) is 1.96. The van der Waals surface area contributed by atoms with Crippen molar-refractivity contribution in [3.63, 3.8) is 0 Å². The topological polar surface area (TPSA) is 64.4 Å². The van der Waals surface area contributed by atoms with Crippen molar-refractivity contribution in [3.8, 4) is 0 Å². The van der Waals surface area contributed by atoms with Crippen LogP contribution < -0.4 is 11.3 Å². The summed E-state index contributed by atoms with van der Waals surface area (Å²) in [6, 6.07) is 0. The third-order valence-corrected chi connectivity index (χ3v) is 1.93. The standard InChI is InChI=1S/C7H14N2O2/c1-7(2)3-5(4-11-7)6(10)9-8/h5H,3-4,8H2,1-2H3,(H,9,10)/t5-/m1/s1. The lowest BCUT2D eigenvalue weighted by molar-refractivity contribution is -0.125. The van der Waals surface area contributed by atoms with Gasteiger partial charge in [0.05, 0.1) is 18.1 Å². The van der Waals surface area contributed by atoms with Gasteiger partial charge in [0.2, 0.25) is 5.91 Å². The number of carbonyl (C=O) groups excluding carboxylic acids is 1.